The first-order valence-electron chi connectivity index (χ1n) is 9.92. The molecule has 0 aromatic heterocycles. The number of non-ortho nitro benzene ring substituents is 1. The molecule has 32 heavy (non-hydrogen) atoms. The number of nitrogens with zero attached hydrogens (tertiary/aromatic N) is 2. The van der Waals surface area contributed by atoms with Crippen LogP contribution >= 0.6 is 11.6 Å². The maximum Gasteiger partial charge on any atom is 0.269 e. The summed E-state index contributed by atoms with van der Waals surface area (Å²) < 4.78 is 11.7. The lowest BCUT2D eigenvalue weighted by molar-refractivity contribution is -0.384. The Labute approximate surface area is 191 Å². The first-order valence-corrected chi connectivity index (χ1v) is 10.3. The van der Waals surface area contributed by atoms with Crippen LogP contribution in [0.3, 0.4) is 0 Å². The molecular weight excluding hydrogens is 428 g/mol. The average Bonchev–Trinajstić information content (AvgIpc) is 2.78. The third kappa shape index (κ3) is 5.65. The van der Waals surface area contributed by atoms with Gasteiger partial charge in [-0.3, -0.25) is 10.1 Å². The Bertz CT molecular complexity index is 1180. The van der Waals surface area contributed by atoms with Crippen molar-refractivity contribution in [3.63, 3.8) is 0 Å². The summed E-state index contributed by atoms with van der Waals surface area (Å²) in [6.07, 6.45) is 1.65. The highest BCUT2D eigenvalue weighted by atomic mass is 35.5. The molecule has 0 bridgehead atoms. The second-order valence-corrected chi connectivity index (χ2v) is 7.42. The molecule has 0 unspecified atom stereocenters. The zero-order valence-corrected chi connectivity index (χ0v) is 18.4. The van der Waals surface area contributed by atoms with Crippen LogP contribution in [0, 0.1) is 28.4 Å². The van der Waals surface area contributed by atoms with Crippen LogP contribution in [0.2, 0.25) is 5.02 Å². The van der Waals surface area contributed by atoms with Gasteiger partial charge in [-0.05, 0) is 60.9 Å². The van der Waals surface area contributed by atoms with E-state index >= 15 is 0 Å². The van der Waals surface area contributed by atoms with E-state index in [1.54, 1.807) is 18.2 Å². The topological polar surface area (TPSA) is 85.4 Å². The molecule has 0 saturated carbocycles. The number of allylic oxidation sites excluding steroid dienone is 1. The molecule has 162 valence electrons. The third-order valence-electron chi connectivity index (χ3n) is 4.66. The van der Waals surface area contributed by atoms with Gasteiger partial charge in [0.2, 0.25) is 0 Å². The Kier molecular flexibility index (Phi) is 7.48. The maximum atomic E-state index is 10.9. The van der Waals surface area contributed by atoms with E-state index in [9.17, 15) is 15.4 Å². The number of halogens is 1. The molecule has 0 N–H and O–H groups in total. The third-order valence-corrected chi connectivity index (χ3v) is 4.94. The Hall–Kier alpha value is -3.82. The van der Waals surface area contributed by atoms with E-state index in [1.807, 2.05) is 38.1 Å². The number of aryl methyl sites for hydroxylation is 1. The largest absolute Gasteiger partial charge is 0.490 e. The van der Waals surface area contributed by atoms with Gasteiger partial charge in [-0.15, -0.1) is 0 Å². The molecule has 3 aromatic carbocycles. The van der Waals surface area contributed by atoms with Gasteiger partial charge in [-0.2, -0.15) is 5.26 Å². The van der Waals surface area contributed by atoms with Crippen molar-refractivity contribution in [2.45, 2.75) is 20.5 Å². The van der Waals surface area contributed by atoms with Crippen molar-refractivity contribution in [2.75, 3.05) is 6.61 Å². The number of ether oxygens (including phenoxy) is 2. The molecule has 0 saturated heterocycles. The van der Waals surface area contributed by atoms with E-state index in [2.05, 4.69) is 6.07 Å². The monoisotopic (exact) mass is 448 g/mol. The van der Waals surface area contributed by atoms with E-state index in [4.69, 9.17) is 21.1 Å². The molecule has 3 rings (SSSR count). The van der Waals surface area contributed by atoms with Crippen LogP contribution in [0.4, 0.5) is 5.69 Å². The van der Waals surface area contributed by atoms with Crippen LogP contribution in [0.5, 0.6) is 11.5 Å². The van der Waals surface area contributed by atoms with Crippen molar-refractivity contribution in [2.24, 2.45) is 0 Å². The van der Waals surface area contributed by atoms with Crippen LogP contribution in [0.15, 0.2) is 60.7 Å². The summed E-state index contributed by atoms with van der Waals surface area (Å²) in [5.74, 6) is 0.902. The van der Waals surface area contributed by atoms with Crippen molar-refractivity contribution in [1.29, 1.82) is 5.26 Å². The number of rotatable bonds is 8. The number of benzene rings is 3. The molecular formula is C25H21ClN2O4. The van der Waals surface area contributed by atoms with Gasteiger partial charge in [-0.25, -0.2) is 0 Å². The van der Waals surface area contributed by atoms with Gasteiger partial charge in [0.1, 0.15) is 6.61 Å². The molecule has 0 amide bonds. The second-order valence-electron chi connectivity index (χ2n) is 7.01. The molecule has 0 atom stereocenters. The predicted octanol–water partition coefficient (Wildman–Crippen LogP) is 6.60. The van der Waals surface area contributed by atoms with Crippen molar-refractivity contribution in [1.82, 2.24) is 0 Å². The minimum Gasteiger partial charge on any atom is -0.490 e. The highest BCUT2D eigenvalue weighted by molar-refractivity contribution is 6.32. The fourth-order valence-corrected chi connectivity index (χ4v) is 3.30. The van der Waals surface area contributed by atoms with E-state index in [-0.39, 0.29) is 5.69 Å². The van der Waals surface area contributed by atoms with Crippen LogP contribution in [0.25, 0.3) is 11.6 Å². The highest BCUT2D eigenvalue weighted by Gasteiger charge is 2.14. The van der Waals surface area contributed by atoms with Crippen LogP contribution < -0.4 is 9.47 Å². The first-order chi connectivity index (χ1) is 15.4. The molecule has 0 fully saturated rings. The SMILES string of the molecule is CCOc1cc(/C=C(/C#N)c2ccc([N+](=O)[O-])cc2)cc(Cl)c1OCc1ccc(C)cc1. The minimum atomic E-state index is -0.483. The lowest BCUT2D eigenvalue weighted by Gasteiger charge is -2.15. The van der Waals surface area contributed by atoms with Crippen LogP contribution in [-0.4, -0.2) is 11.5 Å². The molecule has 0 aliphatic rings. The van der Waals surface area contributed by atoms with Crippen LogP contribution in [0.1, 0.15) is 29.2 Å². The molecule has 3 aromatic rings. The Morgan fingerprint density at radius 1 is 1.12 bits per heavy atom. The molecule has 0 spiro atoms. The fourth-order valence-electron chi connectivity index (χ4n) is 3.02. The van der Waals surface area contributed by atoms with Gasteiger partial charge in [0.05, 0.1) is 28.2 Å². The van der Waals surface area contributed by atoms with Gasteiger partial charge >= 0.3 is 0 Å². The Balaban J connectivity index is 1.90. The number of hydrogen-bond donors (Lipinski definition) is 0. The van der Waals surface area contributed by atoms with Crippen molar-refractivity contribution in [3.8, 4) is 17.6 Å². The lowest BCUT2D eigenvalue weighted by Crippen LogP contribution is -2.01. The Morgan fingerprint density at radius 2 is 1.81 bits per heavy atom. The van der Waals surface area contributed by atoms with Gasteiger partial charge in [0.25, 0.3) is 5.69 Å². The van der Waals surface area contributed by atoms with E-state index in [0.717, 1.165) is 5.56 Å². The molecule has 7 heteroatoms. The zero-order valence-electron chi connectivity index (χ0n) is 17.7. The standard InChI is InChI=1S/C25H21ClN2O4/c1-3-31-24-14-19(12-21(15-27)20-8-10-22(11-9-20)28(29)30)13-23(26)25(24)32-16-18-6-4-17(2)5-7-18/h4-14H,3,16H2,1-2H3/b21-12-. The summed E-state index contributed by atoms with van der Waals surface area (Å²) in [5.41, 5.74) is 3.68. The van der Waals surface area contributed by atoms with E-state index < -0.39 is 4.92 Å². The summed E-state index contributed by atoms with van der Waals surface area (Å²) >= 11 is 6.50. The fraction of sp³-hybridized carbons (Fsp3) is 0.160. The van der Waals surface area contributed by atoms with Gasteiger partial charge in [0.15, 0.2) is 11.5 Å². The Morgan fingerprint density at radius 3 is 2.41 bits per heavy atom. The molecule has 0 aliphatic carbocycles. The van der Waals surface area contributed by atoms with Crippen molar-refractivity contribution >= 4 is 28.9 Å². The predicted molar refractivity (Wildman–Crippen MR) is 125 cm³/mol. The first kappa shape index (κ1) is 22.9. The quantitative estimate of drug-likeness (QED) is 0.168. The summed E-state index contributed by atoms with van der Waals surface area (Å²) in [4.78, 5) is 10.4. The summed E-state index contributed by atoms with van der Waals surface area (Å²) in [5, 5.41) is 20.8. The number of hydrogen-bond acceptors (Lipinski definition) is 5. The van der Waals surface area contributed by atoms with Crippen LogP contribution in [-0.2, 0) is 6.61 Å². The average molecular weight is 449 g/mol. The highest BCUT2D eigenvalue weighted by Crippen LogP contribution is 2.38. The molecule has 6 nitrogen and oxygen atoms in total. The van der Waals surface area contributed by atoms with Gasteiger partial charge in [-0.1, -0.05) is 41.4 Å². The number of nitro groups is 1. The molecule has 0 heterocycles. The molecule has 0 radical (unpaired) electrons. The second kappa shape index (κ2) is 10.5. The van der Waals surface area contributed by atoms with E-state index in [1.165, 1.54) is 29.8 Å². The van der Waals surface area contributed by atoms with Gasteiger partial charge < -0.3 is 9.47 Å². The summed E-state index contributed by atoms with van der Waals surface area (Å²) in [6, 6.07) is 19.4. The number of nitriles is 1. The number of nitro benzene ring substituents is 1. The van der Waals surface area contributed by atoms with Crippen molar-refractivity contribution < 1.29 is 14.4 Å². The smallest absolute Gasteiger partial charge is 0.269 e. The van der Waals surface area contributed by atoms with E-state index in [0.29, 0.717) is 46.4 Å². The molecule has 0 aliphatic heterocycles. The minimum absolute atomic E-state index is 0.0391. The summed E-state index contributed by atoms with van der Waals surface area (Å²) in [6.45, 7) is 4.63. The maximum absolute atomic E-state index is 10.9. The summed E-state index contributed by atoms with van der Waals surface area (Å²) in [7, 11) is 0. The van der Waals surface area contributed by atoms with Gasteiger partial charge in [0, 0.05) is 12.1 Å². The van der Waals surface area contributed by atoms with Crippen molar-refractivity contribution in [3.05, 3.63) is 98.1 Å². The zero-order chi connectivity index (χ0) is 23.1. The lowest BCUT2D eigenvalue weighted by atomic mass is 10.0. The normalized spacial score (nSPS) is 11.0.